The third kappa shape index (κ3) is 1.26. The van der Waals surface area contributed by atoms with Crippen molar-refractivity contribution in [2.75, 3.05) is 13.1 Å². The van der Waals surface area contributed by atoms with Crippen LogP contribution in [0.25, 0.3) is 0 Å². The summed E-state index contributed by atoms with van der Waals surface area (Å²) in [5.41, 5.74) is 5.34. The molecule has 0 unspecified atom stereocenters. The minimum atomic E-state index is -1.04. The van der Waals surface area contributed by atoms with E-state index in [1.54, 1.807) is 0 Å². The molecule has 3 nitrogen and oxygen atoms in total. The number of amides is 1. The number of carbonyl (C=O) groups excluding carboxylic acids is 1. The largest absolute Gasteiger partial charge is 0.338 e. The molecule has 0 aromatic carbocycles. The van der Waals surface area contributed by atoms with Crippen LogP contribution < -0.4 is 5.73 Å². The predicted octanol–water partition coefficient (Wildman–Crippen LogP) is -0.486. The Labute approximate surface area is 59.0 Å². The molecular weight excluding hydrogens is 135 g/mol. The second-order valence-electron chi connectivity index (χ2n) is 2.60. The highest BCUT2D eigenvalue weighted by atomic mass is 19.1. The fraction of sp³-hybridized carbons (Fsp3) is 0.833. The normalized spacial score (nSPS) is 32.9. The van der Waals surface area contributed by atoms with Crippen molar-refractivity contribution in [3.05, 3.63) is 0 Å². The van der Waals surface area contributed by atoms with Crippen LogP contribution in [0.5, 0.6) is 0 Å². The molecule has 2 N–H and O–H groups in total. The van der Waals surface area contributed by atoms with Crippen LogP contribution in [0.2, 0.25) is 0 Å². The van der Waals surface area contributed by atoms with Crippen LogP contribution in [0.4, 0.5) is 4.39 Å². The van der Waals surface area contributed by atoms with Crippen molar-refractivity contribution in [2.24, 2.45) is 5.73 Å². The fourth-order valence-corrected chi connectivity index (χ4v) is 1.05. The Balaban J connectivity index is 2.49. The van der Waals surface area contributed by atoms with Crippen molar-refractivity contribution >= 4 is 5.91 Å². The number of likely N-dealkylation sites (tertiary alicyclic amines) is 1. The summed E-state index contributed by atoms with van der Waals surface area (Å²) in [4.78, 5) is 12.1. The van der Waals surface area contributed by atoms with Crippen LogP contribution >= 0.6 is 0 Å². The van der Waals surface area contributed by atoms with Gasteiger partial charge in [0.15, 0.2) is 0 Å². The number of nitrogens with two attached hydrogens (primary N) is 1. The van der Waals surface area contributed by atoms with Crippen molar-refractivity contribution in [1.29, 1.82) is 0 Å². The highest BCUT2D eigenvalue weighted by Gasteiger charge is 2.30. The first-order valence-corrected chi connectivity index (χ1v) is 3.26. The van der Waals surface area contributed by atoms with Gasteiger partial charge in [0.25, 0.3) is 0 Å². The molecule has 0 aliphatic carbocycles. The van der Waals surface area contributed by atoms with E-state index in [0.717, 1.165) is 0 Å². The quantitative estimate of drug-likeness (QED) is 0.501. The summed E-state index contributed by atoms with van der Waals surface area (Å²) in [6.45, 7) is 1.94. The molecule has 1 fully saturated rings. The third-order valence-corrected chi connectivity index (χ3v) is 1.74. The van der Waals surface area contributed by atoms with Gasteiger partial charge in [0.05, 0.1) is 12.6 Å². The van der Waals surface area contributed by atoms with Gasteiger partial charge < -0.3 is 10.6 Å². The molecule has 2 atom stereocenters. The lowest BCUT2D eigenvalue weighted by atomic mass is 10.3. The molecule has 10 heavy (non-hydrogen) atoms. The molecule has 1 rings (SSSR count). The highest BCUT2D eigenvalue weighted by Crippen LogP contribution is 2.10. The molecule has 1 aliphatic heterocycles. The molecule has 58 valence electrons. The number of hydrogen-bond acceptors (Lipinski definition) is 2. The van der Waals surface area contributed by atoms with E-state index < -0.39 is 12.2 Å². The molecule has 1 amide bonds. The standard InChI is InChI=1S/C6H11FN2O/c1-4(10)9-2-5(7)6(8)3-9/h5-6H,2-3,8H2,1H3/t5-,6+/m0/s1. The molecule has 4 heteroatoms. The summed E-state index contributed by atoms with van der Waals surface area (Å²) in [6.07, 6.45) is -1.04. The van der Waals surface area contributed by atoms with Gasteiger partial charge in [0, 0.05) is 13.5 Å². The van der Waals surface area contributed by atoms with Gasteiger partial charge in [-0.2, -0.15) is 0 Å². The molecule has 0 spiro atoms. The highest BCUT2D eigenvalue weighted by molar-refractivity contribution is 5.73. The topological polar surface area (TPSA) is 46.3 Å². The van der Waals surface area contributed by atoms with Crippen LogP contribution in [-0.2, 0) is 4.79 Å². The SMILES string of the molecule is CC(=O)N1C[C@@H](N)[C@@H](F)C1. The average Bonchev–Trinajstić information content (AvgIpc) is 2.13. The maximum absolute atomic E-state index is 12.6. The number of rotatable bonds is 0. The molecule has 0 radical (unpaired) electrons. The Bertz CT molecular complexity index is 141. The number of hydrogen-bond donors (Lipinski definition) is 1. The van der Waals surface area contributed by atoms with Crippen molar-refractivity contribution in [2.45, 2.75) is 19.1 Å². The molecular formula is C6H11FN2O. The summed E-state index contributed by atoms with van der Waals surface area (Å²) in [7, 11) is 0. The third-order valence-electron chi connectivity index (χ3n) is 1.74. The van der Waals surface area contributed by atoms with E-state index in [9.17, 15) is 9.18 Å². The van der Waals surface area contributed by atoms with Gasteiger partial charge in [0.1, 0.15) is 6.17 Å². The summed E-state index contributed by atoms with van der Waals surface area (Å²) < 4.78 is 12.6. The maximum Gasteiger partial charge on any atom is 0.219 e. The zero-order valence-corrected chi connectivity index (χ0v) is 5.88. The minimum absolute atomic E-state index is 0.101. The lowest BCUT2D eigenvalue weighted by Gasteiger charge is -2.10. The first-order chi connectivity index (χ1) is 4.61. The van der Waals surface area contributed by atoms with Gasteiger partial charge in [-0.15, -0.1) is 0 Å². The second-order valence-corrected chi connectivity index (χ2v) is 2.60. The molecule has 1 aliphatic rings. The fourth-order valence-electron chi connectivity index (χ4n) is 1.05. The van der Waals surface area contributed by atoms with Gasteiger partial charge in [-0.05, 0) is 0 Å². The van der Waals surface area contributed by atoms with E-state index in [1.807, 2.05) is 0 Å². The molecule has 0 aromatic heterocycles. The monoisotopic (exact) mass is 146 g/mol. The van der Waals surface area contributed by atoms with E-state index in [4.69, 9.17) is 5.73 Å². The summed E-state index contributed by atoms with van der Waals surface area (Å²) in [5.74, 6) is -0.101. The van der Waals surface area contributed by atoms with Gasteiger partial charge in [-0.1, -0.05) is 0 Å². The van der Waals surface area contributed by atoms with Gasteiger partial charge in [-0.25, -0.2) is 4.39 Å². The summed E-state index contributed by atoms with van der Waals surface area (Å²) >= 11 is 0. The molecule has 1 heterocycles. The Morgan fingerprint density at radius 3 is 2.50 bits per heavy atom. The Morgan fingerprint density at radius 1 is 1.70 bits per heavy atom. The zero-order valence-electron chi connectivity index (χ0n) is 5.88. The number of alkyl halides is 1. The van der Waals surface area contributed by atoms with Gasteiger partial charge >= 0.3 is 0 Å². The molecule has 0 bridgehead atoms. The van der Waals surface area contributed by atoms with Gasteiger partial charge in [0.2, 0.25) is 5.91 Å². The first kappa shape index (κ1) is 7.47. The van der Waals surface area contributed by atoms with Gasteiger partial charge in [-0.3, -0.25) is 4.79 Å². The van der Waals surface area contributed by atoms with Crippen LogP contribution in [0.15, 0.2) is 0 Å². The van der Waals surface area contributed by atoms with Crippen LogP contribution in [0, 0.1) is 0 Å². The first-order valence-electron chi connectivity index (χ1n) is 3.26. The molecule has 1 saturated heterocycles. The second kappa shape index (κ2) is 2.54. The number of carbonyl (C=O) groups is 1. The zero-order chi connectivity index (χ0) is 7.72. The minimum Gasteiger partial charge on any atom is -0.338 e. The Morgan fingerprint density at radius 2 is 2.30 bits per heavy atom. The van der Waals surface area contributed by atoms with E-state index in [0.29, 0.717) is 6.54 Å². The average molecular weight is 146 g/mol. The van der Waals surface area contributed by atoms with E-state index >= 15 is 0 Å². The van der Waals surface area contributed by atoms with Crippen molar-refractivity contribution in [3.63, 3.8) is 0 Å². The van der Waals surface area contributed by atoms with E-state index in [1.165, 1.54) is 11.8 Å². The van der Waals surface area contributed by atoms with Crippen LogP contribution in [-0.4, -0.2) is 36.1 Å². The molecule has 0 aromatic rings. The molecule has 0 saturated carbocycles. The number of halogens is 1. The van der Waals surface area contributed by atoms with E-state index in [2.05, 4.69) is 0 Å². The van der Waals surface area contributed by atoms with E-state index in [-0.39, 0.29) is 12.5 Å². The predicted molar refractivity (Wildman–Crippen MR) is 35.1 cm³/mol. The lowest BCUT2D eigenvalue weighted by Crippen LogP contribution is -2.31. The van der Waals surface area contributed by atoms with Crippen molar-refractivity contribution < 1.29 is 9.18 Å². The van der Waals surface area contributed by atoms with Crippen molar-refractivity contribution in [1.82, 2.24) is 4.90 Å². The smallest absolute Gasteiger partial charge is 0.219 e. The summed E-state index contributed by atoms with van der Waals surface area (Å²) in [6, 6.07) is -0.483. The number of nitrogens with zero attached hydrogens (tertiary/aromatic N) is 1. The Kier molecular flexibility index (Phi) is 1.89. The van der Waals surface area contributed by atoms with Crippen LogP contribution in [0.3, 0.4) is 0 Å². The Hall–Kier alpha value is -0.640. The van der Waals surface area contributed by atoms with Crippen molar-refractivity contribution in [3.8, 4) is 0 Å². The van der Waals surface area contributed by atoms with Crippen LogP contribution in [0.1, 0.15) is 6.92 Å². The maximum atomic E-state index is 12.6. The lowest BCUT2D eigenvalue weighted by molar-refractivity contribution is -0.128. The summed E-state index contributed by atoms with van der Waals surface area (Å²) in [5, 5.41) is 0.